The van der Waals surface area contributed by atoms with Crippen molar-refractivity contribution in [3.8, 4) is 11.5 Å². The molecule has 0 radical (unpaired) electrons. The SMILES string of the molecule is CCCOc1c(Br)cc(C2C(C(=O)Nc3cccc(C)c3C)=C(C)Nc3nnnn32)cc1OCC. The van der Waals surface area contributed by atoms with Crippen molar-refractivity contribution in [2.24, 2.45) is 0 Å². The van der Waals surface area contributed by atoms with E-state index in [1.165, 1.54) is 0 Å². The van der Waals surface area contributed by atoms with Crippen molar-refractivity contribution in [3.05, 3.63) is 62.8 Å². The number of anilines is 2. The van der Waals surface area contributed by atoms with Crippen LogP contribution in [0.5, 0.6) is 11.5 Å². The second kappa shape index (κ2) is 10.5. The highest BCUT2D eigenvalue weighted by atomic mass is 79.9. The lowest BCUT2D eigenvalue weighted by Crippen LogP contribution is -2.31. The zero-order valence-corrected chi connectivity index (χ0v) is 22.1. The molecule has 0 aliphatic carbocycles. The predicted molar refractivity (Wildman–Crippen MR) is 138 cm³/mol. The fourth-order valence-corrected chi connectivity index (χ4v) is 4.62. The molecule has 4 rings (SSSR count). The number of allylic oxidation sites excluding steroid dienone is 1. The number of ether oxygens (including phenoxy) is 2. The summed E-state index contributed by atoms with van der Waals surface area (Å²) in [6.45, 7) is 10.8. The van der Waals surface area contributed by atoms with Gasteiger partial charge in [0.05, 0.1) is 23.3 Å². The Labute approximate surface area is 213 Å². The van der Waals surface area contributed by atoms with Crippen molar-refractivity contribution < 1.29 is 14.3 Å². The van der Waals surface area contributed by atoms with Gasteiger partial charge in [-0.3, -0.25) is 4.79 Å². The number of nitrogens with one attached hydrogen (secondary N) is 2. The maximum atomic E-state index is 13.7. The number of fused-ring (bicyclic) bond motifs is 1. The molecule has 10 heteroatoms. The molecule has 2 heterocycles. The Kier molecular flexibility index (Phi) is 7.39. The van der Waals surface area contributed by atoms with E-state index in [0.717, 1.165) is 33.3 Å². The number of hydrogen-bond donors (Lipinski definition) is 2. The lowest BCUT2D eigenvalue weighted by atomic mass is 9.94. The minimum Gasteiger partial charge on any atom is -0.490 e. The largest absolute Gasteiger partial charge is 0.490 e. The average molecular weight is 541 g/mol. The maximum Gasteiger partial charge on any atom is 0.255 e. The smallest absolute Gasteiger partial charge is 0.255 e. The van der Waals surface area contributed by atoms with Crippen LogP contribution in [0.4, 0.5) is 11.6 Å². The third-order valence-electron chi connectivity index (χ3n) is 5.91. The Hall–Kier alpha value is -3.40. The normalized spacial score (nSPS) is 14.9. The van der Waals surface area contributed by atoms with Crippen molar-refractivity contribution in [3.63, 3.8) is 0 Å². The number of amides is 1. The molecule has 1 atom stereocenters. The molecule has 1 aliphatic heterocycles. The van der Waals surface area contributed by atoms with Crippen LogP contribution in [-0.2, 0) is 4.79 Å². The topological polar surface area (TPSA) is 103 Å². The van der Waals surface area contributed by atoms with Crippen LogP contribution in [0.1, 0.15) is 49.9 Å². The summed E-state index contributed by atoms with van der Waals surface area (Å²) in [5.41, 5.74) is 4.83. The van der Waals surface area contributed by atoms with Gasteiger partial charge in [0.15, 0.2) is 11.5 Å². The summed E-state index contributed by atoms with van der Waals surface area (Å²) >= 11 is 3.64. The van der Waals surface area contributed by atoms with Gasteiger partial charge in [0.2, 0.25) is 5.95 Å². The summed E-state index contributed by atoms with van der Waals surface area (Å²) in [6, 6.07) is 9.07. The number of aryl methyl sites for hydroxylation is 1. The summed E-state index contributed by atoms with van der Waals surface area (Å²) in [4.78, 5) is 13.7. The second-order valence-corrected chi connectivity index (χ2v) is 9.18. The number of halogens is 1. The summed E-state index contributed by atoms with van der Waals surface area (Å²) in [6.07, 6.45) is 0.868. The Morgan fingerprint density at radius 2 is 2.00 bits per heavy atom. The zero-order chi connectivity index (χ0) is 25.1. The maximum absolute atomic E-state index is 13.7. The van der Waals surface area contributed by atoms with E-state index in [2.05, 4.69) is 42.1 Å². The van der Waals surface area contributed by atoms with E-state index in [4.69, 9.17) is 9.47 Å². The van der Waals surface area contributed by atoms with E-state index in [9.17, 15) is 4.79 Å². The lowest BCUT2D eigenvalue weighted by Gasteiger charge is -2.29. The van der Waals surface area contributed by atoms with Crippen LogP contribution >= 0.6 is 15.9 Å². The minimum atomic E-state index is -0.581. The van der Waals surface area contributed by atoms with E-state index in [1.807, 2.05) is 65.0 Å². The van der Waals surface area contributed by atoms with Crippen LogP contribution in [0.2, 0.25) is 0 Å². The number of carbonyl (C=O) groups is 1. The molecule has 2 N–H and O–H groups in total. The monoisotopic (exact) mass is 540 g/mol. The number of nitrogens with zero attached hydrogens (tertiary/aromatic N) is 4. The van der Waals surface area contributed by atoms with Gasteiger partial charge in [-0.15, -0.1) is 0 Å². The number of carbonyl (C=O) groups excluding carboxylic acids is 1. The zero-order valence-electron chi connectivity index (χ0n) is 20.5. The highest BCUT2D eigenvalue weighted by Gasteiger charge is 2.35. The first-order valence-electron chi connectivity index (χ1n) is 11.6. The van der Waals surface area contributed by atoms with Crippen molar-refractivity contribution in [2.75, 3.05) is 23.8 Å². The first-order chi connectivity index (χ1) is 16.8. The van der Waals surface area contributed by atoms with E-state index in [0.29, 0.717) is 41.9 Å². The van der Waals surface area contributed by atoms with Crippen LogP contribution in [-0.4, -0.2) is 39.3 Å². The molecule has 0 spiro atoms. The summed E-state index contributed by atoms with van der Waals surface area (Å²) in [5.74, 6) is 1.43. The van der Waals surface area contributed by atoms with Crippen LogP contribution in [0.25, 0.3) is 0 Å². The van der Waals surface area contributed by atoms with Gasteiger partial charge >= 0.3 is 0 Å². The minimum absolute atomic E-state index is 0.241. The molecular weight excluding hydrogens is 512 g/mol. The molecular formula is C25H29BrN6O3. The molecule has 0 bridgehead atoms. The summed E-state index contributed by atoms with van der Waals surface area (Å²) in [5, 5.41) is 18.3. The molecule has 184 valence electrons. The molecule has 35 heavy (non-hydrogen) atoms. The molecule has 1 unspecified atom stereocenters. The van der Waals surface area contributed by atoms with Gasteiger partial charge in [-0.2, -0.15) is 4.68 Å². The number of benzene rings is 2. The van der Waals surface area contributed by atoms with Gasteiger partial charge in [0.1, 0.15) is 6.04 Å². The number of aromatic nitrogens is 4. The summed E-state index contributed by atoms with van der Waals surface area (Å²) < 4.78 is 14.2. The Morgan fingerprint density at radius 1 is 1.20 bits per heavy atom. The molecule has 1 aromatic heterocycles. The molecule has 0 saturated heterocycles. The molecule has 0 saturated carbocycles. The number of hydrogen-bond acceptors (Lipinski definition) is 7. The van der Waals surface area contributed by atoms with Crippen molar-refractivity contribution >= 4 is 33.5 Å². The second-order valence-electron chi connectivity index (χ2n) is 8.33. The van der Waals surface area contributed by atoms with Crippen LogP contribution < -0.4 is 20.1 Å². The first-order valence-corrected chi connectivity index (χ1v) is 12.4. The third kappa shape index (κ3) is 4.88. The fourth-order valence-electron chi connectivity index (χ4n) is 4.04. The van der Waals surface area contributed by atoms with Crippen molar-refractivity contribution in [1.82, 2.24) is 20.2 Å². The fraction of sp³-hybridized carbons (Fsp3) is 0.360. The van der Waals surface area contributed by atoms with E-state index < -0.39 is 6.04 Å². The standard InChI is InChI=1S/C25H29BrN6O3/c1-6-11-35-23-18(26)12-17(13-20(23)34-7-2)22-21(16(5)27-25-29-30-31-32(22)25)24(33)28-19-10-8-9-14(3)15(19)4/h8-10,12-13,22H,6-7,11H2,1-5H3,(H,28,33)(H,27,29,31). The molecule has 1 amide bonds. The molecule has 2 aromatic carbocycles. The predicted octanol–water partition coefficient (Wildman–Crippen LogP) is 5.17. The number of tetrazole rings is 1. The van der Waals surface area contributed by atoms with Gasteiger partial charge in [0.25, 0.3) is 5.91 Å². The highest BCUT2D eigenvalue weighted by molar-refractivity contribution is 9.10. The first kappa shape index (κ1) is 24.7. The lowest BCUT2D eigenvalue weighted by molar-refractivity contribution is -0.113. The van der Waals surface area contributed by atoms with Crippen molar-refractivity contribution in [2.45, 2.75) is 47.1 Å². The van der Waals surface area contributed by atoms with Gasteiger partial charge < -0.3 is 20.1 Å². The Morgan fingerprint density at radius 3 is 2.74 bits per heavy atom. The van der Waals surface area contributed by atoms with Gasteiger partial charge in [-0.1, -0.05) is 24.2 Å². The van der Waals surface area contributed by atoms with E-state index in [-0.39, 0.29) is 5.91 Å². The van der Waals surface area contributed by atoms with Crippen LogP contribution in [0, 0.1) is 13.8 Å². The molecule has 0 fully saturated rings. The third-order valence-corrected chi connectivity index (χ3v) is 6.50. The Bertz CT molecular complexity index is 1290. The van der Waals surface area contributed by atoms with Crippen LogP contribution in [0.15, 0.2) is 46.1 Å². The van der Waals surface area contributed by atoms with Gasteiger partial charge in [-0.05, 0) is 95.4 Å². The molecule has 1 aliphatic rings. The Balaban J connectivity index is 1.81. The quantitative estimate of drug-likeness (QED) is 0.406. The van der Waals surface area contributed by atoms with Crippen LogP contribution in [0.3, 0.4) is 0 Å². The number of rotatable bonds is 8. The van der Waals surface area contributed by atoms with E-state index >= 15 is 0 Å². The van der Waals surface area contributed by atoms with Crippen molar-refractivity contribution in [1.29, 1.82) is 0 Å². The van der Waals surface area contributed by atoms with Gasteiger partial charge in [0, 0.05) is 11.4 Å². The van der Waals surface area contributed by atoms with E-state index in [1.54, 1.807) is 4.68 Å². The average Bonchev–Trinajstić information content (AvgIpc) is 3.28. The highest BCUT2D eigenvalue weighted by Crippen LogP contribution is 2.43. The van der Waals surface area contributed by atoms with Gasteiger partial charge in [-0.25, -0.2) is 0 Å². The molecule has 9 nitrogen and oxygen atoms in total. The summed E-state index contributed by atoms with van der Waals surface area (Å²) in [7, 11) is 0. The molecule has 3 aromatic rings.